The van der Waals surface area contributed by atoms with E-state index in [0.717, 1.165) is 37.7 Å². The average Bonchev–Trinajstić information content (AvgIpc) is 3.08. The van der Waals surface area contributed by atoms with Crippen molar-refractivity contribution in [2.24, 2.45) is 22.7 Å². The van der Waals surface area contributed by atoms with Crippen molar-refractivity contribution < 1.29 is 29.6 Å². The van der Waals surface area contributed by atoms with Crippen molar-refractivity contribution in [2.45, 2.75) is 103 Å². The average molecular weight is 465 g/mol. The van der Waals surface area contributed by atoms with E-state index in [-0.39, 0.29) is 17.3 Å². The normalized spacial score (nSPS) is 37.1. The van der Waals surface area contributed by atoms with Crippen LogP contribution in [-0.2, 0) is 4.79 Å². The fourth-order valence-electron chi connectivity index (χ4n) is 6.46. The third kappa shape index (κ3) is 5.44. The maximum atomic E-state index is 16.0. The molecule has 0 spiro atoms. The van der Waals surface area contributed by atoms with Crippen LogP contribution in [0.15, 0.2) is 35.5 Å². The number of halogens is 1. The molecule has 3 saturated carbocycles. The van der Waals surface area contributed by atoms with Gasteiger partial charge in [0.05, 0.1) is 23.7 Å². The van der Waals surface area contributed by atoms with Gasteiger partial charge in [0.25, 0.3) is 0 Å². The zero-order chi connectivity index (χ0) is 24.6. The highest BCUT2D eigenvalue weighted by atomic mass is 19.1. The van der Waals surface area contributed by atoms with Gasteiger partial charge in [-0.25, -0.2) is 4.39 Å². The van der Waals surface area contributed by atoms with Crippen LogP contribution in [0.25, 0.3) is 0 Å². The fourth-order valence-corrected chi connectivity index (χ4v) is 6.46. The Labute approximate surface area is 197 Å². The summed E-state index contributed by atoms with van der Waals surface area (Å²) >= 11 is 0. The molecule has 3 aliphatic rings. The largest absolute Gasteiger partial charge is 0.481 e. The Morgan fingerprint density at radius 1 is 1.15 bits per heavy atom. The molecule has 33 heavy (non-hydrogen) atoms. The number of hydrogen-bond acceptors (Lipinski definition) is 4. The van der Waals surface area contributed by atoms with Crippen molar-refractivity contribution in [3.05, 3.63) is 35.5 Å². The van der Waals surface area contributed by atoms with Gasteiger partial charge in [-0.15, -0.1) is 0 Å². The summed E-state index contributed by atoms with van der Waals surface area (Å²) in [5.41, 5.74) is -0.875. The van der Waals surface area contributed by atoms with Crippen LogP contribution in [0.2, 0.25) is 0 Å². The molecule has 0 unspecified atom stereocenters. The summed E-state index contributed by atoms with van der Waals surface area (Å²) in [6.07, 6.45) is 10.8. The Balaban J connectivity index is 1.78. The molecule has 3 rings (SSSR count). The monoisotopic (exact) mass is 464 g/mol. The van der Waals surface area contributed by atoms with Gasteiger partial charge in [-0.1, -0.05) is 36.3 Å². The van der Waals surface area contributed by atoms with Gasteiger partial charge in [0.15, 0.2) is 0 Å². The second-order valence-electron chi connectivity index (χ2n) is 11.5. The van der Waals surface area contributed by atoms with Crippen LogP contribution in [-0.4, -0.2) is 50.4 Å². The standard InChI is InChI=1S/C27H41FO5/c1-25(2,24(32)33)23(31)11-13-27(4,28)22-10-9-21-18(6-5-12-26(21,22)3)8-7-17-14-19(29)16-20(30)15-17/h7-8,11,13,19-23,29-31H,5-6,9-10,12,14-16H2,1-4H3,(H,32,33)/b13-11+,18-8+/t19-,20-,21+,22+,23+,26+,27-/m1/s1. The molecule has 3 fully saturated rings. The highest BCUT2D eigenvalue weighted by molar-refractivity contribution is 5.74. The molecule has 0 bridgehead atoms. The van der Waals surface area contributed by atoms with Gasteiger partial charge in [-0.3, -0.25) is 4.79 Å². The molecular formula is C27H41FO5. The minimum absolute atomic E-state index is 0.213. The van der Waals surface area contributed by atoms with E-state index in [1.807, 2.05) is 0 Å². The molecule has 0 saturated heterocycles. The maximum absolute atomic E-state index is 16.0. The third-order valence-electron chi connectivity index (χ3n) is 8.61. The molecule has 4 N–H and O–H groups in total. The van der Waals surface area contributed by atoms with Crippen LogP contribution in [0.1, 0.15) is 79.1 Å². The van der Waals surface area contributed by atoms with Crippen molar-refractivity contribution in [3.63, 3.8) is 0 Å². The second-order valence-corrected chi connectivity index (χ2v) is 11.5. The molecule has 3 aliphatic carbocycles. The Morgan fingerprint density at radius 2 is 1.79 bits per heavy atom. The van der Waals surface area contributed by atoms with Gasteiger partial charge < -0.3 is 20.4 Å². The van der Waals surface area contributed by atoms with Crippen LogP contribution in [0.3, 0.4) is 0 Å². The number of allylic oxidation sites excluding steroid dienone is 4. The van der Waals surface area contributed by atoms with Crippen molar-refractivity contribution >= 4 is 5.97 Å². The quantitative estimate of drug-likeness (QED) is 0.427. The summed E-state index contributed by atoms with van der Waals surface area (Å²) in [5.74, 6) is -1.07. The number of aliphatic hydroxyl groups is 3. The van der Waals surface area contributed by atoms with Crippen molar-refractivity contribution in [1.82, 2.24) is 0 Å². The van der Waals surface area contributed by atoms with Gasteiger partial charge in [0.2, 0.25) is 0 Å². The number of carbonyl (C=O) groups is 1. The van der Waals surface area contributed by atoms with Crippen molar-refractivity contribution in [2.75, 3.05) is 0 Å². The van der Waals surface area contributed by atoms with E-state index in [1.165, 1.54) is 31.6 Å². The topological polar surface area (TPSA) is 98.0 Å². The van der Waals surface area contributed by atoms with Crippen molar-refractivity contribution in [1.29, 1.82) is 0 Å². The Morgan fingerprint density at radius 3 is 2.39 bits per heavy atom. The van der Waals surface area contributed by atoms with E-state index >= 15 is 4.39 Å². The second kappa shape index (κ2) is 9.63. The molecule has 0 radical (unpaired) electrons. The van der Waals surface area contributed by atoms with Crippen LogP contribution >= 0.6 is 0 Å². The number of carboxylic acids is 1. The fraction of sp³-hybridized carbons (Fsp3) is 0.741. The molecular weight excluding hydrogens is 423 g/mol. The molecule has 0 aromatic carbocycles. The zero-order valence-corrected chi connectivity index (χ0v) is 20.4. The lowest BCUT2D eigenvalue weighted by Gasteiger charge is -2.45. The highest BCUT2D eigenvalue weighted by Gasteiger charge is 2.55. The first-order valence-corrected chi connectivity index (χ1v) is 12.3. The number of aliphatic hydroxyl groups excluding tert-OH is 3. The molecule has 0 aromatic heterocycles. The molecule has 7 atom stereocenters. The summed E-state index contributed by atoms with van der Waals surface area (Å²) < 4.78 is 16.0. The third-order valence-corrected chi connectivity index (χ3v) is 8.61. The lowest BCUT2D eigenvalue weighted by Crippen LogP contribution is -2.42. The van der Waals surface area contributed by atoms with Gasteiger partial charge in [0, 0.05) is 5.92 Å². The van der Waals surface area contributed by atoms with Crippen LogP contribution in [0.4, 0.5) is 4.39 Å². The van der Waals surface area contributed by atoms with Gasteiger partial charge in [-0.05, 0) is 89.5 Å². The lowest BCUT2D eigenvalue weighted by molar-refractivity contribution is -0.151. The maximum Gasteiger partial charge on any atom is 0.312 e. The number of fused-ring (bicyclic) bond motifs is 1. The summed E-state index contributed by atoms with van der Waals surface area (Å²) in [4.78, 5) is 11.4. The molecule has 5 nitrogen and oxygen atoms in total. The molecule has 0 amide bonds. The first kappa shape index (κ1) is 26.1. The van der Waals surface area contributed by atoms with Gasteiger partial charge in [0.1, 0.15) is 5.67 Å². The minimum Gasteiger partial charge on any atom is -0.481 e. The molecule has 0 aliphatic heterocycles. The number of hydrogen-bond donors (Lipinski definition) is 4. The van der Waals surface area contributed by atoms with E-state index in [0.29, 0.717) is 19.3 Å². The van der Waals surface area contributed by atoms with E-state index < -0.39 is 35.4 Å². The van der Waals surface area contributed by atoms with E-state index in [2.05, 4.69) is 19.1 Å². The lowest BCUT2D eigenvalue weighted by atomic mass is 9.60. The molecule has 0 heterocycles. The minimum atomic E-state index is -1.66. The SMILES string of the molecule is CC(C)(C(=O)O)[C@@H](O)/C=C/[C@@](C)(F)[C@H]1CC[C@H]2/C(=C/C=C3C[C@@H](O)C[C@H](O)C3)CCC[C@@]21C. The van der Waals surface area contributed by atoms with E-state index in [9.17, 15) is 25.2 Å². The summed E-state index contributed by atoms with van der Waals surface area (Å²) in [7, 11) is 0. The van der Waals surface area contributed by atoms with E-state index in [4.69, 9.17) is 0 Å². The van der Waals surface area contributed by atoms with Gasteiger partial charge in [-0.2, -0.15) is 0 Å². The predicted molar refractivity (Wildman–Crippen MR) is 126 cm³/mol. The van der Waals surface area contributed by atoms with Crippen molar-refractivity contribution in [3.8, 4) is 0 Å². The zero-order valence-electron chi connectivity index (χ0n) is 20.4. The summed E-state index contributed by atoms with van der Waals surface area (Å²) in [6.45, 7) is 6.59. The van der Waals surface area contributed by atoms with Crippen LogP contribution < -0.4 is 0 Å². The Kier molecular flexibility index (Phi) is 7.62. The molecule has 0 aromatic rings. The smallest absolute Gasteiger partial charge is 0.312 e. The van der Waals surface area contributed by atoms with Gasteiger partial charge >= 0.3 is 5.97 Å². The number of aliphatic carboxylic acids is 1. The highest BCUT2D eigenvalue weighted by Crippen LogP contribution is 2.61. The van der Waals surface area contributed by atoms with Crippen LogP contribution in [0, 0.1) is 22.7 Å². The Bertz CT molecular complexity index is 814. The summed E-state index contributed by atoms with van der Waals surface area (Å²) in [5, 5.41) is 39.6. The summed E-state index contributed by atoms with van der Waals surface area (Å²) in [6, 6.07) is 0. The number of rotatable bonds is 6. The van der Waals surface area contributed by atoms with Crippen LogP contribution in [0.5, 0.6) is 0 Å². The predicted octanol–water partition coefficient (Wildman–Crippen LogP) is 4.72. The number of carboxylic acid groups (broad SMARTS) is 1. The molecule has 186 valence electrons. The first-order valence-electron chi connectivity index (χ1n) is 12.3. The molecule has 6 heteroatoms. The van der Waals surface area contributed by atoms with E-state index in [1.54, 1.807) is 6.92 Å². The first-order chi connectivity index (χ1) is 15.3. The number of alkyl halides is 1. The Hall–Kier alpha value is -1.50.